The van der Waals surface area contributed by atoms with E-state index in [0.29, 0.717) is 0 Å². The average Bonchev–Trinajstić information content (AvgIpc) is 2.62. The van der Waals surface area contributed by atoms with Crippen molar-refractivity contribution in [3.05, 3.63) is 35.5 Å². The number of nitrogens with one attached hydrogen (secondary N) is 1. The largest absolute Gasteiger partial charge is 0.346 e. The molecule has 3 nitrogen and oxygen atoms in total. The minimum absolute atomic E-state index is 0.999. The third-order valence-corrected chi connectivity index (χ3v) is 3.67. The van der Waals surface area contributed by atoms with E-state index in [-0.39, 0.29) is 0 Å². The first-order valence-corrected chi connectivity index (χ1v) is 6.51. The van der Waals surface area contributed by atoms with E-state index in [9.17, 15) is 0 Å². The van der Waals surface area contributed by atoms with Crippen molar-refractivity contribution in [2.45, 2.75) is 13.5 Å². The van der Waals surface area contributed by atoms with Gasteiger partial charge in [0.15, 0.2) is 0 Å². The molecule has 1 N–H and O–H groups in total. The van der Waals surface area contributed by atoms with Crippen LogP contribution in [0.25, 0.3) is 10.9 Å². The van der Waals surface area contributed by atoms with Crippen LogP contribution >= 0.6 is 0 Å². The smallest absolute Gasteiger partial charge is 0.0483 e. The van der Waals surface area contributed by atoms with Gasteiger partial charge in [0.05, 0.1) is 0 Å². The summed E-state index contributed by atoms with van der Waals surface area (Å²) in [6.07, 6.45) is 0. The van der Waals surface area contributed by atoms with Crippen molar-refractivity contribution in [3.63, 3.8) is 0 Å². The molecular formula is C15H23N3. The zero-order chi connectivity index (χ0) is 13.1. The number of aromatic nitrogens is 1. The van der Waals surface area contributed by atoms with Gasteiger partial charge in [-0.2, -0.15) is 0 Å². The Labute approximate surface area is 109 Å². The van der Waals surface area contributed by atoms with Crippen LogP contribution < -0.4 is 5.32 Å². The third-order valence-electron chi connectivity index (χ3n) is 3.67. The molecule has 0 aliphatic rings. The van der Waals surface area contributed by atoms with E-state index in [1.807, 2.05) is 7.05 Å². The predicted octanol–water partition coefficient (Wildman–Crippen LogP) is 2.14. The zero-order valence-corrected chi connectivity index (χ0v) is 11.8. The van der Waals surface area contributed by atoms with Gasteiger partial charge < -0.3 is 9.88 Å². The molecule has 98 valence electrons. The van der Waals surface area contributed by atoms with Crippen LogP contribution in [-0.2, 0) is 13.6 Å². The van der Waals surface area contributed by atoms with Crippen molar-refractivity contribution >= 4 is 10.9 Å². The van der Waals surface area contributed by atoms with Crippen LogP contribution in [0.3, 0.4) is 0 Å². The lowest BCUT2D eigenvalue weighted by atomic mass is 10.1. The van der Waals surface area contributed by atoms with Crippen molar-refractivity contribution in [1.29, 1.82) is 0 Å². The number of nitrogens with zero attached hydrogens (tertiary/aromatic N) is 2. The topological polar surface area (TPSA) is 20.2 Å². The molecule has 1 aromatic heterocycles. The minimum Gasteiger partial charge on any atom is -0.346 e. The van der Waals surface area contributed by atoms with E-state index < -0.39 is 0 Å². The predicted molar refractivity (Wildman–Crippen MR) is 77.9 cm³/mol. The van der Waals surface area contributed by atoms with Crippen LogP contribution in [0.2, 0.25) is 0 Å². The fraction of sp³-hybridized carbons (Fsp3) is 0.467. The van der Waals surface area contributed by atoms with Gasteiger partial charge in [0.2, 0.25) is 0 Å². The standard InChI is InChI=1S/C15H23N3/c1-12-13-7-5-6-8-14(13)18(4)15(12)11-17(3)10-9-16-2/h5-8,16H,9-11H2,1-4H3. The third kappa shape index (κ3) is 2.42. The second-order valence-electron chi connectivity index (χ2n) is 4.99. The monoisotopic (exact) mass is 245 g/mol. The summed E-state index contributed by atoms with van der Waals surface area (Å²) >= 11 is 0. The van der Waals surface area contributed by atoms with Crippen LogP contribution in [0.15, 0.2) is 24.3 Å². The number of hydrogen-bond acceptors (Lipinski definition) is 2. The van der Waals surface area contributed by atoms with Crippen molar-refractivity contribution in [1.82, 2.24) is 14.8 Å². The molecule has 0 fully saturated rings. The van der Waals surface area contributed by atoms with Crippen molar-refractivity contribution in [2.24, 2.45) is 7.05 Å². The van der Waals surface area contributed by atoms with Crippen LogP contribution in [0, 0.1) is 6.92 Å². The zero-order valence-electron chi connectivity index (χ0n) is 11.8. The summed E-state index contributed by atoms with van der Waals surface area (Å²) in [4.78, 5) is 2.36. The molecule has 0 amide bonds. The molecule has 0 bridgehead atoms. The first-order chi connectivity index (χ1) is 8.65. The molecule has 0 spiro atoms. The SMILES string of the molecule is CNCCN(C)Cc1c(C)c2ccccc2n1C. The Morgan fingerprint density at radius 3 is 2.67 bits per heavy atom. The summed E-state index contributed by atoms with van der Waals surface area (Å²) < 4.78 is 2.32. The van der Waals surface area contributed by atoms with Gasteiger partial charge in [0, 0.05) is 43.3 Å². The number of aryl methyl sites for hydroxylation is 2. The Bertz CT molecular complexity index is 489. The number of para-hydroxylation sites is 1. The minimum atomic E-state index is 0.999. The highest BCUT2D eigenvalue weighted by atomic mass is 15.1. The Morgan fingerprint density at radius 1 is 1.28 bits per heavy atom. The molecule has 0 atom stereocenters. The van der Waals surface area contributed by atoms with E-state index >= 15 is 0 Å². The maximum absolute atomic E-state index is 3.19. The van der Waals surface area contributed by atoms with Gasteiger partial charge in [-0.3, -0.25) is 4.90 Å². The number of rotatable bonds is 5. The highest BCUT2D eigenvalue weighted by Gasteiger charge is 2.12. The van der Waals surface area contributed by atoms with Gasteiger partial charge in [-0.25, -0.2) is 0 Å². The molecule has 0 unspecified atom stereocenters. The van der Waals surface area contributed by atoms with Crippen LogP contribution in [0.5, 0.6) is 0 Å². The first kappa shape index (κ1) is 13.1. The summed E-state index contributed by atoms with van der Waals surface area (Å²) in [5.41, 5.74) is 4.14. The van der Waals surface area contributed by atoms with Gasteiger partial charge >= 0.3 is 0 Å². The Morgan fingerprint density at radius 2 is 2.00 bits per heavy atom. The number of likely N-dealkylation sites (N-methyl/N-ethyl adjacent to an activating group) is 2. The summed E-state index contributed by atoms with van der Waals surface area (Å²) in [5.74, 6) is 0. The van der Waals surface area contributed by atoms with Crippen LogP contribution in [0.4, 0.5) is 0 Å². The molecule has 1 aromatic carbocycles. The van der Waals surface area contributed by atoms with Gasteiger partial charge in [0.25, 0.3) is 0 Å². The van der Waals surface area contributed by atoms with E-state index in [2.05, 4.69) is 60.1 Å². The van der Waals surface area contributed by atoms with Crippen LogP contribution in [-0.4, -0.2) is 36.7 Å². The Kier molecular flexibility index (Phi) is 4.04. The lowest BCUT2D eigenvalue weighted by Crippen LogP contribution is -2.27. The van der Waals surface area contributed by atoms with E-state index in [1.54, 1.807) is 0 Å². The summed E-state index contributed by atoms with van der Waals surface area (Å²) in [7, 11) is 6.33. The maximum Gasteiger partial charge on any atom is 0.0483 e. The average molecular weight is 245 g/mol. The van der Waals surface area contributed by atoms with Gasteiger partial charge in [-0.05, 0) is 32.6 Å². The molecule has 0 saturated carbocycles. The Hall–Kier alpha value is -1.32. The summed E-state index contributed by atoms with van der Waals surface area (Å²) in [5, 5.41) is 4.56. The van der Waals surface area contributed by atoms with E-state index in [4.69, 9.17) is 0 Å². The van der Waals surface area contributed by atoms with Gasteiger partial charge in [0.1, 0.15) is 0 Å². The molecule has 0 aliphatic heterocycles. The lowest BCUT2D eigenvalue weighted by molar-refractivity contribution is 0.320. The van der Waals surface area contributed by atoms with E-state index in [0.717, 1.165) is 19.6 Å². The van der Waals surface area contributed by atoms with Crippen LogP contribution in [0.1, 0.15) is 11.3 Å². The van der Waals surface area contributed by atoms with Gasteiger partial charge in [-0.1, -0.05) is 18.2 Å². The highest BCUT2D eigenvalue weighted by molar-refractivity contribution is 5.85. The molecular weight excluding hydrogens is 222 g/mol. The normalized spacial score (nSPS) is 11.6. The van der Waals surface area contributed by atoms with Crippen molar-refractivity contribution in [3.8, 4) is 0 Å². The van der Waals surface area contributed by atoms with Gasteiger partial charge in [-0.15, -0.1) is 0 Å². The Balaban J connectivity index is 2.28. The quantitative estimate of drug-likeness (QED) is 0.871. The lowest BCUT2D eigenvalue weighted by Gasteiger charge is -2.17. The molecule has 0 aliphatic carbocycles. The van der Waals surface area contributed by atoms with Crippen molar-refractivity contribution in [2.75, 3.05) is 27.2 Å². The molecule has 2 rings (SSSR count). The highest BCUT2D eigenvalue weighted by Crippen LogP contribution is 2.24. The van der Waals surface area contributed by atoms with Crippen molar-refractivity contribution < 1.29 is 0 Å². The summed E-state index contributed by atoms with van der Waals surface area (Å²) in [6.45, 7) is 5.32. The number of hydrogen-bond donors (Lipinski definition) is 1. The second-order valence-corrected chi connectivity index (χ2v) is 4.99. The summed E-state index contributed by atoms with van der Waals surface area (Å²) in [6, 6.07) is 8.63. The fourth-order valence-corrected chi connectivity index (χ4v) is 2.50. The molecule has 0 radical (unpaired) electrons. The maximum atomic E-state index is 3.19. The molecule has 18 heavy (non-hydrogen) atoms. The number of benzene rings is 1. The first-order valence-electron chi connectivity index (χ1n) is 6.51. The molecule has 2 aromatic rings. The fourth-order valence-electron chi connectivity index (χ4n) is 2.50. The second kappa shape index (κ2) is 5.55. The molecule has 1 heterocycles. The van der Waals surface area contributed by atoms with E-state index in [1.165, 1.54) is 22.2 Å². The molecule has 0 saturated heterocycles. The number of fused-ring (bicyclic) bond motifs is 1. The molecule has 3 heteroatoms.